The molecule has 0 unspecified atom stereocenters. The molecule has 0 saturated carbocycles. The molecule has 31 heavy (non-hydrogen) atoms. The van der Waals surface area contributed by atoms with Crippen LogP contribution in [0.15, 0.2) is 51.6 Å². The Hall–Kier alpha value is -3.42. The Morgan fingerprint density at radius 3 is 2.71 bits per heavy atom. The summed E-state index contributed by atoms with van der Waals surface area (Å²) in [5.41, 5.74) is 1.15. The molecule has 0 bridgehead atoms. The topological polar surface area (TPSA) is 88.6 Å². The lowest BCUT2D eigenvalue weighted by Gasteiger charge is -2.32. The Morgan fingerprint density at radius 1 is 1.23 bits per heavy atom. The van der Waals surface area contributed by atoms with Crippen LogP contribution in [-0.2, 0) is 11.2 Å². The molecular formula is C23H24FN3O4. The maximum absolute atomic E-state index is 13.9. The van der Waals surface area contributed by atoms with Crippen molar-refractivity contribution >= 4 is 11.8 Å². The highest BCUT2D eigenvalue weighted by Gasteiger charge is 2.25. The number of nitrogens with zero attached hydrogens (tertiary/aromatic N) is 2. The maximum atomic E-state index is 13.9. The highest BCUT2D eigenvalue weighted by Crippen LogP contribution is 2.24. The van der Waals surface area contributed by atoms with Crippen molar-refractivity contribution in [2.45, 2.75) is 38.6 Å². The van der Waals surface area contributed by atoms with Crippen LogP contribution in [0.2, 0.25) is 0 Å². The fourth-order valence-corrected chi connectivity index (χ4v) is 3.71. The third-order valence-corrected chi connectivity index (χ3v) is 5.50. The van der Waals surface area contributed by atoms with Crippen molar-refractivity contribution in [2.75, 3.05) is 13.1 Å². The second-order valence-corrected chi connectivity index (χ2v) is 7.66. The number of hydrogen-bond acceptors (Lipinski definition) is 5. The predicted octanol–water partition coefficient (Wildman–Crippen LogP) is 3.74. The molecule has 2 aromatic heterocycles. The summed E-state index contributed by atoms with van der Waals surface area (Å²) in [6.07, 6.45) is 4.97. The molecule has 162 valence electrons. The summed E-state index contributed by atoms with van der Waals surface area (Å²) in [6, 6.07) is 8.09. The van der Waals surface area contributed by atoms with Gasteiger partial charge >= 0.3 is 0 Å². The lowest BCUT2D eigenvalue weighted by molar-refractivity contribution is -0.132. The van der Waals surface area contributed by atoms with E-state index in [0.717, 1.165) is 5.56 Å². The van der Waals surface area contributed by atoms with Crippen molar-refractivity contribution in [1.29, 1.82) is 0 Å². The Balaban J connectivity index is 1.24. The molecule has 7 nitrogen and oxygen atoms in total. The van der Waals surface area contributed by atoms with Crippen LogP contribution >= 0.6 is 0 Å². The quantitative estimate of drug-likeness (QED) is 0.650. The minimum Gasteiger partial charge on any atom is -0.459 e. The predicted molar refractivity (Wildman–Crippen MR) is 111 cm³/mol. The largest absolute Gasteiger partial charge is 0.459 e. The number of amides is 2. The van der Waals surface area contributed by atoms with Gasteiger partial charge in [0.15, 0.2) is 17.4 Å². The molecule has 3 heterocycles. The molecule has 1 aliphatic rings. The monoisotopic (exact) mass is 425 g/mol. The van der Waals surface area contributed by atoms with Gasteiger partial charge in [-0.3, -0.25) is 9.59 Å². The van der Waals surface area contributed by atoms with Crippen LogP contribution in [0.25, 0.3) is 11.3 Å². The van der Waals surface area contributed by atoms with E-state index in [-0.39, 0.29) is 30.1 Å². The molecule has 0 radical (unpaired) electrons. The van der Waals surface area contributed by atoms with Gasteiger partial charge in [-0.25, -0.2) is 9.37 Å². The molecule has 0 spiro atoms. The van der Waals surface area contributed by atoms with E-state index >= 15 is 0 Å². The van der Waals surface area contributed by atoms with Crippen LogP contribution in [0, 0.1) is 12.7 Å². The second-order valence-electron chi connectivity index (χ2n) is 7.66. The molecular weight excluding hydrogens is 401 g/mol. The first-order valence-corrected chi connectivity index (χ1v) is 10.3. The third-order valence-electron chi connectivity index (χ3n) is 5.50. The first-order valence-electron chi connectivity index (χ1n) is 10.3. The van der Waals surface area contributed by atoms with Crippen molar-refractivity contribution in [3.8, 4) is 11.3 Å². The average Bonchev–Trinajstić information content (AvgIpc) is 3.42. The summed E-state index contributed by atoms with van der Waals surface area (Å²) in [6.45, 7) is 2.98. The number of aryl methyl sites for hydroxylation is 2. The number of aromatic nitrogens is 1. The van der Waals surface area contributed by atoms with Gasteiger partial charge in [0.1, 0.15) is 5.82 Å². The standard InChI is InChI=1S/C23H24FN3O4/c1-15-10-13-30-22(15)23(29)26-16-8-11-27(12-9-16)21(28)7-6-20-25-14-19(31-20)17-4-2-3-5-18(17)24/h2-5,10,13-14,16H,6-9,11-12H2,1H3,(H,26,29). The van der Waals surface area contributed by atoms with Crippen LogP contribution in [0.5, 0.6) is 0 Å². The van der Waals surface area contributed by atoms with E-state index < -0.39 is 0 Å². The van der Waals surface area contributed by atoms with E-state index in [1.54, 1.807) is 29.2 Å². The van der Waals surface area contributed by atoms with E-state index in [0.29, 0.717) is 55.3 Å². The molecule has 1 aliphatic heterocycles. The highest BCUT2D eigenvalue weighted by atomic mass is 19.1. The van der Waals surface area contributed by atoms with Crippen molar-refractivity contribution in [3.05, 3.63) is 65.8 Å². The van der Waals surface area contributed by atoms with Crippen LogP contribution in [-0.4, -0.2) is 40.8 Å². The lowest BCUT2D eigenvalue weighted by atomic mass is 10.0. The van der Waals surface area contributed by atoms with Crippen LogP contribution < -0.4 is 5.32 Å². The third kappa shape index (κ3) is 4.84. The van der Waals surface area contributed by atoms with Crippen molar-refractivity contribution in [3.63, 3.8) is 0 Å². The number of halogens is 1. The minimum absolute atomic E-state index is 0.0103. The summed E-state index contributed by atoms with van der Waals surface area (Å²) in [5, 5.41) is 2.98. The van der Waals surface area contributed by atoms with Gasteiger partial charge in [0, 0.05) is 37.5 Å². The fourth-order valence-electron chi connectivity index (χ4n) is 3.71. The zero-order valence-electron chi connectivity index (χ0n) is 17.3. The Labute approximate surface area is 179 Å². The zero-order chi connectivity index (χ0) is 21.8. The van der Waals surface area contributed by atoms with Gasteiger partial charge < -0.3 is 19.1 Å². The van der Waals surface area contributed by atoms with Crippen LogP contribution in [0.3, 0.4) is 0 Å². The molecule has 0 atom stereocenters. The SMILES string of the molecule is Cc1ccoc1C(=O)NC1CCN(C(=O)CCc2ncc(-c3ccccc3F)o2)CC1. The zero-order valence-corrected chi connectivity index (χ0v) is 17.3. The Morgan fingerprint density at radius 2 is 2.00 bits per heavy atom. The van der Waals surface area contributed by atoms with Gasteiger partial charge in [-0.15, -0.1) is 0 Å². The van der Waals surface area contributed by atoms with E-state index in [2.05, 4.69) is 10.3 Å². The number of benzene rings is 1. The molecule has 1 aromatic carbocycles. The van der Waals surface area contributed by atoms with E-state index in [4.69, 9.17) is 8.83 Å². The van der Waals surface area contributed by atoms with E-state index in [1.807, 2.05) is 6.92 Å². The molecule has 3 aromatic rings. The number of furan rings is 1. The highest BCUT2D eigenvalue weighted by molar-refractivity contribution is 5.93. The van der Waals surface area contributed by atoms with E-state index in [1.165, 1.54) is 18.5 Å². The van der Waals surface area contributed by atoms with Crippen molar-refractivity contribution in [1.82, 2.24) is 15.2 Å². The first-order chi connectivity index (χ1) is 15.0. The van der Waals surface area contributed by atoms with Crippen LogP contribution in [0.1, 0.15) is 41.3 Å². The fraction of sp³-hybridized carbons (Fsp3) is 0.348. The van der Waals surface area contributed by atoms with Crippen molar-refractivity contribution < 1.29 is 22.8 Å². The number of likely N-dealkylation sites (tertiary alicyclic amines) is 1. The van der Waals surface area contributed by atoms with Gasteiger partial charge in [-0.2, -0.15) is 0 Å². The normalized spacial score (nSPS) is 14.6. The first kappa shape index (κ1) is 20.8. The summed E-state index contributed by atoms with van der Waals surface area (Å²) >= 11 is 0. The molecule has 8 heteroatoms. The molecule has 1 fully saturated rings. The average molecular weight is 425 g/mol. The van der Waals surface area contributed by atoms with Gasteiger partial charge in [-0.1, -0.05) is 12.1 Å². The summed E-state index contributed by atoms with van der Waals surface area (Å²) in [7, 11) is 0. The Bertz CT molecular complexity index is 1070. The van der Waals surface area contributed by atoms with Crippen LogP contribution in [0.4, 0.5) is 4.39 Å². The summed E-state index contributed by atoms with van der Waals surface area (Å²) < 4.78 is 24.7. The minimum atomic E-state index is -0.376. The molecule has 2 amide bonds. The number of nitrogens with one attached hydrogen (secondary N) is 1. The Kier molecular flexibility index (Phi) is 6.16. The van der Waals surface area contributed by atoms with Gasteiger partial charge in [0.25, 0.3) is 5.91 Å². The van der Waals surface area contributed by atoms with Gasteiger partial charge in [0.2, 0.25) is 5.91 Å². The van der Waals surface area contributed by atoms with Gasteiger partial charge in [-0.05, 0) is 38.0 Å². The number of carbonyl (C=O) groups is 2. The second kappa shape index (κ2) is 9.16. The number of oxazole rings is 1. The summed E-state index contributed by atoms with van der Waals surface area (Å²) in [5.74, 6) is 0.503. The smallest absolute Gasteiger partial charge is 0.287 e. The van der Waals surface area contributed by atoms with Crippen molar-refractivity contribution in [2.24, 2.45) is 0 Å². The number of piperidine rings is 1. The van der Waals surface area contributed by atoms with Gasteiger partial charge in [0.05, 0.1) is 18.0 Å². The summed E-state index contributed by atoms with van der Waals surface area (Å²) in [4.78, 5) is 30.8. The molecule has 1 N–H and O–H groups in total. The molecule has 4 rings (SSSR count). The molecule has 1 saturated heterocycles. The van der Waals surface area contributed by atoms with E-state index in [9.17, 15) is 14.0 Å². The maximum Gasteiger partial charge on any atom is 0.287 e. The molecule has 0 aliphatic carbocycles. The lowest BCUT2D eigenvalue weighted by Crippen LogP contribution is -2.46. The number of carbonyl (C=O) groups excluding carboxylic acids is 2. The number of hydrogen-bond donors (Lipinski definition) is 1. The number of rotatable bonds is 6.